The lowest BCUT2D eigenvalue weighted by Crippen LogP contribution is -2.36. The number of hydrogen-bond acceptors (Lipinski definition) is 9. The van der Waals surface area contributed by atoms with Crippen molar-refractivity contribution in [1.82, 2.24) is 29.9 Å². The monoisotopic (exact) mass is 953 g/mol. The molecule has 0 spiro atoms. The van der Waals surface area contributed by atoms with Gasteiger partial charge >= 0.3 is 0 Å². The topological polar surface area (TPSA) is 167 Å². The molecule has 1 saturated heterocycles. The summed E-state index contributed by atoms with van der Waals surface area (Å²) in [5.74, 6) is -8.48. The number of aromatic nitrogens is 5. The third-order valence-corrected chi connectivity index (χ3v) is 16.5. The van der Waals surface area contributed by atoms with Gasteiger partial charge in [-0.15, -0.1) is 0 Å². The summed E-state index contributed by atoms with van der Waals surface area (Å²) in [5, 5.41) is 11.0. The lowest BCUT2D eigenvalue weighted by atomic mass is 9.93. The quantitative estimate of drug-likeness (QED) is 0.0943. The number of carbonyl (C=O) groups excluding carboxylic acids is 1. The first-order valence-corrected chi connectivity index (χ1v) is 24.4. The van der Waals surface area contributed by atoms with E-state index in [1.807, 2.05) is 0 Å². The van der Waals surface area contributed by atoms with E-state index in [0.29, 0.717) is 40.4 Å². The normalized spacial score (nSPS) is 20.0. The van der Waals surface area contributed by atoms with Crippen LogP contribution in [0.25, 0.3) is 22.0 Å². The number of amides is 1. The molecule has 4 aliphatic rings. The van der Waals surface area contributed by atoms with Crippen LogP contribution < -0.4 is 10.0 Å². The Morgan fingerprint density at radius 3 is 2.31 bits per heavy atom. The van der Waals surface area contributed by atoms with Crippen LogP contribution in [0.4, 0.5) is 32.2 Å². The molecule has 2 N–H and O–H groups in total. The van der Waals surface area contributed by atoms with Gasteiger partial charge in [0.25, 0.3) is 12.3 Å². The van der Waals surface area contributed by atoms with Gasteiger partial charge in [-0.3, -0.25) is 23.9 Å². The highest BCUT2D eigenvalue weighted by Crippen LogP contribution is 2.68. The van der Waals surface area contributed by atoms with E-state index in [-0.39, 0.29) is 83.5 Å². The van der Waals surface area contributed by atoms with Crippen molar-refractivity contribution in [1.29, 1.82) is 0 Å². The fourth-order valence-electron chi connectivity index (χ4n) is 9.02. The Bertz CT molecular complexity index is 2940. The fraction of sp³-hybridized carbons (Fsp3) is 0.476. The number of anilines is 1. The molecular formula is C42H42ClF6N7O6S2. The summed E-state index contributed by atoms with van der Waals surface area (Å²) < 4.78 is 150. The van der Waals surface area contributed by atoms with Crippen LogP contribution in [0.15, 0.2) is 42.5 Å². The lowest BCUT2D eigenvalue weighted by molar-refractivity contribution is -0.123. The number of sulfonamides is 1. The summed E-state index contributed by atoms with van der Waals surface area (Å²) in [5.41, 5.74) is -0.401. The number of alkyl halides is 4. The van der Waals surface area contributed by atoms with Crippen LogP contribution in [-0.2, 0) is 54.7 Å². The van der Waals surface area contributed by atoms with E-state index >= 15 is 8.78 Å². The van der Waals surface area contributed by atoms with Gasteiger partial charge in [0.15, 0.2) is 15.7 Å². The minimum Gasteiger partial charge on any atom is -0.377 e. The smallest absolute Gasteiger partial charge is 0.293 e. The van der Waals surface area contributed by atoms with Crippen molar-refractivity contribution in [3.05, 3.63) is 93.0 Å². The highest BCUT2D eigenvalue weighted by Gasteiger charge is 2.67. The average molecular weight is 954 g/mol. The summed E-state index contributed by atoms with van der Waals surface area (Å²) in [6.45, 7) is 2.75. The zero-order chi connectivity index (χ0) is 45.8. The summed E-state index contributed by atoms with van der Waals surface area (Å²) in [6, 6.07) is 7.42. The van der Waals surface area contributed by atoms with Crippen molar-refractivity contribution in [2.24, 2.45) is 5.92 Å². The second-order valence-electron chi connectivity index (χ2n) is 17.7. The molecule has 22 heteroatoms. The van der Waals surface area contributed by atoms with Crippen LogP contribution >= 0.6 is 11.6 Å². The van der Waals surface area contributed by atoms with Crippen LogP contribution in [0.1, 0.15) is 97.9 Å². The zero-order valence-corrected chi connectivity index (χ0v) is 36.9. The number of benzene rings is 2. The van der Waals surface area contributed by atoms with E-state index in [0.717, 1.165) is 18.4 Å². The number of sulfone groups is 1. The number of nitrogens with zero attached hydrogens (tertiary/aromatic N) is 5. The number of ether oxygens (including phenoxy) is 1. The van der Waals surface area contributed by atoms with E-state index in [1.54, 1.807) is 36.7 Å². The van der Waals surface area contributed by atoms with E-state index < -0.39 is 95.6 Å². The molecule has 0 bridgehead atoms. The average Bonchev–Trinajstić information content (AvgIpc) is 4.09. The summed E-state index contributed by atoms with van der Waals surface area (Å²) >= 11 is 6.76. The van der Waals surface area contributed by atoms with Crippen molar-refractivity contribution in [3.63, 3.8) is 0 Å². The molecule has 4 heterocycles. The molecule has 1 aliphatic heterocycles. The SMILES string of the molecule is CC(C)(CCc1ccc(-c2ccc(Cl)c3c(NS(C)(=O)=O)nn(C4COC4)c23)c([C@H](Cc2cc(F)cc(F)c2)NC(=O)Cn2nc(C(F)F)c3c2C(F)(F)C2C[C@H]32)n1)S(=O)(=O)C1CC1. The van der Waals surface area contributed by atoms with Gasteiger partial charge in [-0.1, -0.05) is 23.7 Å². The van der Waals surface area contributed by atoms with E-state index in [1.165, 1.54) is 6.07 Å². The largest absolute Gasteiger partial charge is 0.377 e. The minimum absolute atomic E-state index is 0.00874. The third kappa shape index (κ3) is 8.03. The zero-order valence-electron chi connectivity index (χ0n) is 34.5. The molecule has 0 radical (unpaired) electrons. The third-order valence-electron chi connectivity index (χ3n) is 12.5. The van der Waals surface area contributed by atoms with Gasteiger partial charge in [0.1, 0.15) is 29.6 Å². The predicted octanol–water partition coefficient (Wildman–Crippen LogP) is 7.70. The minimum atomic E-state index is -3.89. The molecule has 3 aromatic heterocycles. The van der Waals surface area contributed by atoms with Gasteiger partial charge in [0.05, 0.1) is 63.2 Å². The maximum absolute atomic E-state index is 15.6. The van der Waals surface area contributed by atoms with Gasteiger partial charge in [-0.05, 0) is 88.1 Å². The highest BCUT2D eigenvalue weighted by atomic mass is 35.5. The fourth-order valence-corrected chi connectivity index (χ4v) is 11.8. The van der Waals surface area contributed by atoms with E-state index in [2.05, 4.69) is 20.2 Å². The number of pyridine rings is 1. The van der Waals surface area contributed by atoms with Crippen LogP contribution in [0.3, 0.4) is 0 Å². The molecule has 1 unspecified atom stereocenters. The van der Waals surface area contributed by atoms with Gasteiger partial charge < -0.3 is 10.1 Å². The van der Waals surface area contributed by atoms with Crippen LogP contribution in [0, 0.1) is 17.6 Å². The summed E-state index contributed by atoms with van der Waals surface area (Å²) in [6.07, 6.45) is -1.20. The highest BCUT2D eigenvalue weighted by molar-refractivity contribution is 7.93. The molecule has 342 valence electrons. The van der Waals surface area contributed by atoms with Crippen LogP contribution in [-0.4, -0.2) is 76.8 Å². The summed E-state index contributed by atoms with van der Waals surface area (Å²) in [7, 11) is -7.41. The number of fused-ring (bicyclic) bond motifs is 4. The van der Waals surface area contributed by atoms with Crippen molar-refractivity contribution in [2.45, 2.75) is 99.3 Å². The van der Waals surface area contributed by atoms with Crippen molar-refractivity contribution in [2.75, 3.05) is 24.2 Å². The number of rotatable bonds is 16. The van der Waals surface area contributed by atoms with Gasteiger partial charge in [-0.2, -0.15) is 19.0 Å². The molecule has 2 aromatic carbocycles. The Labute approximate surface area is 368 Å². The molecular weight excluding hydrogens is 912 g/mol. The van der Waals surface area contributed by atoms with Crippen LogP contribution in [0.2, 0.25) is 5.02 Å². The van der Waals surface area contributed by atoms with E-state index in [9.17, 15) is 39.2 Å². The second-order valence-corrected chi connectivity index (χ2v) is 22.7. The predicted molar refractivity (Wildman–Crippen MR) is 224 cm³/mol. The van der Waals surface area contributed by atoms with E-state index in [4.69, 9.17) is 21.3 Å². The standard InChI is InChI=1S/C42H42ClF6N7O6S2/c1-41(2,64(60,61)25-5-6-25)11-10-23-4-7-26(27-8-9-30(43)34-37(27)56(24-18-62-19-24)53-40(34)54-63(3,58)59)35(50-23)31(14-20-12-21(44)15-22(45)13-20)51-32(57)17-55-38-33(36(52-55)39(46)47)28-16-29(28)42(38,48)49/h4,7-9,12-13,15,24-25,28-29,31,39H,5-6,10-11,14,16-19H2,1-3H3,(H,51,57)(H,53,54)/t28-,29?,31-/m0/s1. The molecule has 3 atom stereocenters. The van der Waals surface area contributed by atoms with Crippen molar-refractivity contribution in [3.8, 4) is 11.1 Å². The number of aryl methyl sites for hydroxylation is 1. The Hall–Kier alpha value is -4.73. The van der Waals surface area contributed by atoms with Gasteiger partial charge in [-0.25, -0.2) is 34.4 Å². The van der Waals surface area contributed by atoms with Gasteiger partial charge in [0, 0.05) is 34.4 Å². The molecule has 5 aromatic rings. The first-order valence-electron chi connectivity index (χ1n) is 20.5. The first-order chi connectivity index (χ1) is 30.0. The second kappa shape index (κ2) is 15.7. The summed E-state index contributed by atoms with van der Waals surface area (Å²) in [4.78, 5) is 19.2. The Balaban J connectivity index is 1.19. The maximum Gasteiger partial charge on any atom is 0.293 e. The lowest BCUT2D eigenvalue weighted by Gasteiger charge is -2.28. The molecule has 3 fully saturated rings. The Morgan fingerprint density at radius 2 is 1.69 bits per heavy atom. The molecule has 3 aliphatic carbocycles. The van der Waals surface area contributed by atoms with Crippen molar-refractivity contribution >= 4 is 54.1 Å². The molecule has 1 amide bonds. The van der Waals surface area contributed by atoms with Crippen molar-refractivity contribution < 1.29 is 52.7 Å². The Kier molecular flexibility index (Phi) is 10.9. The molecule has 2 saturated carbocycles. The number of hydrogen-bond donors (Lipinski definition) is 2. The molecule has 9 rings (SSSR count). The van der Waals surface area contributed by atoms with Crippen LogP contribution in [0.5, 0.6) is 0 Å². The number of carbonyl (C=O) groups is 1. The molecule has 64 heavy (non-hydrogen) atoms. The number of halogens is 7. The maximum atomic E-state index is 15.6. The number of nitrogens with one attached hydrogen (secondary N) is 2. The first kappa shape index (κ1) is 44.5. The Morgan fingerprint density at radius 1 is 1.00 bits per heavy atom. The molecule has 13 nitrogen and oxygen atoms in total. The van der Waals surface area contributed by atoms with Gasteiger partial charge in [0.2, 0.25) is 15.9 Å².